The van der Waals surface area contributed by atoms with Crippen LogP contribution in [0, 0.1) is 0 Å². The number of anilines is 1. The van der Waals surface area contributed by atoms with Crippen molar-refractivity contribution >= 4 is 23.3 Å². The first-order valence-electron chi connectivity index (χ1n) is 7.16. The van der Waals surface area contributed by atoms with Gasteiger partial charge >= 0.3 is 6.03 Å². The third kappa shape index (κ3) is 2.64. The molecule has 0 fully saturated rings. The van der Waals surface area contributed by atoms with E-state index in [2.05, 4.69) is 9.88 Å². The largest absolute Gasteiger partial charge is 0.495 e. The number of hydrogen-bond donors (Lipinski definition) is 1. The lowest BCUT2D eigenvalue weighted by atomic mass is 10.1. The van der Waals surface area contributed by atoms with E-state index in [1.807, 2.05) is 30.2 Å². The predicted octanol–water partition coefficient (Wildman–Crippen LogP) is 3.76. The SMILES string of the molecule is COc1ccc(Cl)cc1NC(=O)N1CCn2cccc2[C@@H]1C. The van der Waals surface area contributed by atoms with E-state index < -0.39 is 0 Å². The molecule has 0 aliphatic carbocycles. The van der Waals surface area contributed by atoms with Crippen molar-refractivity contribution in [2.75, 3.05) is 19.0 Å². The zero-order chi connectivity index (χ0) is 15.7. The van der Waals surface area contributed by atoms with E-state index in [4.69, 9.17) is 16.3 Å². The van der Waals surface area contributed by atoms with E-state index in [-0.39, 0.29) is 12.1 Å². The molecule has 1 atom stereocenters. The van der Waals surface area contributed by atoms with Gasteiger partial charge in [0.25, 0.3) is 0 Å². The Balaban J connectivity index is 1.80. The Labute approximate surface area is 134 Å². The van der Waals surface area contributed by atoms with E-state index in [0.717, 1.165) is 12.2 Å². The molecule has 2 aromatic rings. The molecular formula is C16H18ClN3O2. The maximum absolute atomic E-state index is 12.6. The van der Waals surface area contributed by atoms with Crippen molar-refractivity contribution in [3.05, 3.63) is 47.2 Å². The fraction of sp³-hybridized carbons (Fsp3) is 0.312. The smallest absolute Gasteiger partial charge is 0.322 e. The highest BCUT2D eigenvalue weighted by Gasteiger charge is 2.27. The average molecular weight is 320 g/mol. The van der Waals surface area contributed by atoms with Crippen LogP contribution in [0.4, 0.5) is 10.5 Å². The third-order valence-corrected chi connectivity index (χ3v) is 4.24. The normalized spacial score (nSPS) is 17.0. The molecule has 1 aliphatic rings. The Morgan fingerprint density at radius 2 is 2.18 bits per heavy atom. The minimum atomic E-state index is -0.152. The first-order valence-corrected chi connectivity index (χ1v) is 7.54. The van der Waals surface area contributed by atoms with Gasteiger partial charge in [-0.25, -0.2) is 4.79 Å². The summed E-state index contributed by atoms with van der Waals surface area (Å²) in [5.41, 5.74) is 1.72. The molecule has 6 heteroatoms. The number of hydrogen-bond acceptors (Lipinski definition) is 2. The van der Waals surface area contributed by atoms with Crippen molar-refractivity contribution in [3.63, 3.8) is 0 Å². The van der Waals surface area contributed by atoms with Gasteiger partial charge in [0.2, 0.25) is 0 Å². The van der Waals surface area contributed by atoms with E-state index in [1.54, 1.807) is 25.3 Å². The zero-order valence-electron chi connectivity index (χ0n) is 12.5. The highest BCUT2D eigenvalue weighted by molar-refractivity contribution is 6.31. The van der Waals surface area contributed by atoms with Crippen molar-refractivity contribution in [2.45, 2.75) is 19.5 Å². The average Bonchev–Trinajstić information content (AvgIpc) is 2.97. The molecule has 1 aliphatic heterocycles. The maximum atomic E-state index is 12.6. The van der Waals surface area contributed by atoms with Crippen molar-refractivity contribution < 1.29 is 9.53 Å². The quantitative estimate of drug-likeness (QED) is 0.916. The summed E-state index contributed by atoms with van der Waals surface area (Å²) < 4.78 is 7.44. The number of ether oxygens (including phenoxy) is 1. The number of carbonyl (C=O) groups excluding carboxylic acids is 1. The predicted molar refractivity (Wildman–Crippen MR) is 86.6 cm³/mol. The number of urea groups is 1. The minimum absolute atomic E-state index is 0.0222. The Kier molecular flexibility index (Phi) is 3.98. The number of amides is 2. The van der Waals surface area contributed by atoms with Crippen molar-refractivity contribution in [1.29, 1.82) is 0 Å². The third-order valence-electron chi connectivity index (χ3n) is 4.01. The van der Waals surface area contributed by atoms with Gasteiger partial charge in [0.05, 0.1) is 18.8 Å². The van der Waals surface area contributed by atoms with E-state index in [0.29, 0.717) is 23.0 Å². The van der Waals surface area contributed by atoms with Gasteiger partial charge in [-0.05, 0) is 37.3 Å². The Morgan fingerprint density at radius 3 is 2.95 bits per heavy atom. The van der Waals surface area contributed by atoms with E-state index in [1.165, 1.54) is 0 Å². The molecular weight excluding hydrogens is 302 g/mol. The molecule has 5 nitrogen and oxygen atoms in total. The van der Waals surface area contributed by atoms with E-state index >= 15 is 0 Å². The second-order valence-corrected chi connectivity index (χ2v) is 5.71. The van der Waals surface area contributed by atoms with Gasteiger partial charge in [-0.1, -0.05) is 11.6 Å². The molecule has 1 N–H and O–H groups in total. The number of rotatable bonds is 2. The summed E-state index contributed by atoms with van der Waals surface area (Å²) in [6.07, 6.45) is 2.04. The van der Waals surface area contributed by atoms with Gasteiger partial charge in [-0.3, -0.25) is 0 Å². The van der Waals surface area contributed by atoms with Crippen LogP contribution in [0.3, 0.4) is 0 Å². The Hall–Kier alpha value is -2.14. The highest BCUT2D eigenvalue weighted by atomic mass is 35.5. The van der Waals surface area contributed by atoms with Gasteiger partial charge in [0, 0.05) is 30.0 Å². The van der Waals surface area contributed by atoms with E-state index in [9.17, 15) is 4.79 Å². The summed E-state index contributed by atoms with van der Waals surface area (Å²) in [7, 11) is 1.56. The summed E-state index contributed by atoms with van der Waals surface area (Å²) in [6, 6.07) is 9.08. The van der Waals surface area contributed by atoms with Crippen LogP contribution in [0.25, 0.3) is 0 Å². The van der Waals surface area contributed by atoms with Crippen LogP contribution in [0.5, 0.6) is 5.75 Å². The summed E-state index contributed by atoms with van der Waals surface area (Å²) >= 11 is 6.00. The summed E-state index contributed by atoms with van der Waals surface area (Å²) in [6.45, 7) is 3.49. The lowest BCUT2D eigenvalue weighted by Crippen LogP contribution is -2.43. The number of carbonyl (C=O) groups is 1. The summed E-state index contributed by atoms with van der Waals surface area (Å²) in [5, 5.41) is 3.45. The van der Waals surface area contributed by atoms with Crippen LogP contribution < -0.4 is 10.1 Å². The molecule has 0 unspecified atom stereocenters. The minimum Gasteiger partial charge on any atom is -0.495 e. The molecule has 0 saturated heterocycles. The topological polar surface area (TPSA) is 46.5 Å². The summed E-state index contributed by atoms with van der Waals surface area (Å²) in [4.78, 5) is 14.4. The maximum Gasteiger partial charge on any atom is 0.322 e. The number of benzene rings is 1. The van der Waals surface area contributed by atoms with Gasteiger partial charge in [-0.15, -0.1) is 0 Å². The monoisotopic (exact) mass is 319 g/mol. The zero-order valence-corrected chi connectivity index (χ0v) is 13.3. The van der Waals surface area contributed by atoms with Crippen LogP contribution in [-0.4, -0.2) is 29.2 Å². The van der Waals surface area contributed by atoms with Crippen molar-refractivity contribution in [1.82, 2.24) is 9.47 Å². The Morgan fingerprint density at radius 1 is 1.36 bits per heavy atom. The highest BCUT2D eigenvalue weighted by Crippen LogP contribution is 2.30. The molecule has 1 aromatic heterocycles. The molecule has 2 amide bonds. The fourth-order valence-corrected chi connectivity index (χ4v) is 2.99. The molecule has 0 saturated carbocycles. The molecule has 1 aromatic carbocycles. The number of nitrogens with zero attached hydrogens (tertiary/aromatic N) is 2. The molecule has 2 heterocycles. The van der Waals surface area contributed by atoms with Crippen LogP contribution >= 0.6 is 11.6 Å². The van der Waals surface area contributed by atoms with Crippen LogP contribution in [0.2, 0.25) is 5.02 Å². The molecule has 116 valence electrons. The van der Waals surface area contributed by atoms with Crippen LogP contribution in [0.15, 0.2) is 36.5 Å². The molecule has 0 spiro atoms. The number of fused-ring (bicyclic) bond motifs is 1. The molecule has 0 radical (unpaired) electrons. The van der Waals surface area contributed by atoms with Crippen LogP contribution in [-0.2, 0) is 6.54 Å². The fourth-order valence-electron chi connectivity index (χ4n) is 2.82. The molecule has 22 heavy (non-hydrogen) atoms. The summed E-state index contributed by atoms with van der Waals surface area (Å²) in [5.74, 6) is 0.589. The second kappa shape index (κ2) is 5.93. The number of halogens is 1. The van der Waals surface area contributed by atoms with Gasteiger partial charge in [-0.2, -0.15) is 0 Å². The number of methoxy groups -OCH3 is 1. The molecule has 0 bridgehead atoms. The Bertz CT molecular complexity index is 698. The molecule has 3 rings (SSSR count). The van der Waals surface area contributed by atoms with Gasteiger partial charge in [0.1, 0.15) is 5.75 Å². The number of aromatic nitrogens is 1. The first-order chi connectivity index (χ1) is 10.6. The second-order valence-electron chi connectivity index (χ2n) is 5.27. The lowest BCUT2D eigenvalue weighted by Gasteiger charge is -2.35. The number of nitrogens with one attached hydrogen (secondary N) is 1. The van der Waals surface area contributed by atoms with Gasteiger partial charge < -0.3 is 19.5 Å². The van der Waals surface area contributed by atoms with Crippen LogP contribution in [0.1, 0.15) is 18.7 Å². The standard InChI is InChI=1S/C16H18ClN3O2/c1-11-14-4-3-7-19(14)8-9-20(11)16(21)18-13-10-12(17)5-6-15(13)22-2/h3-7,10-11H,8-9H2,1-2H3,(H,18,21)/t11-/m0/s1. The lowest BCUT2D eigenvalue weighted by molar-refractivity contribution is 0.175. The van der Waals surface area contributed by atoms with Gasteiger partial charge in [0.15, 0.2) is 0 Å². The van der Waals surface area contributed by atoms with Crippen molar-refractivity contribution in [2.24, 2.45) is 0 Å². The van der Waals surface area contributed by atoms with Crippen molar-refractivity contribution in [3.8, 4) is 5.75 Å². The first kappa shape index (κ1) is 14.8.